The van der Waals surface area contributed by atoms with Crippen LogP contribution >= 0.6 is 11.3 Å². The molecule has 2 amide bonds. The van der Waals surface area contributed by atoms with Crippen molar-refractivity contribution in [2.75, 3.05) is 11.9 Å². The van der Waals surface area contributed by atoms with Gasteiger partial charge in [-0.15, -0.1) is 11.3 Å². The second-order valence-corrected chi connectivity index (χ2v) is 7.69. The summed E-state index contributed by atoms with van der Waals surface area (Å²) in [6, 6.07) is 16.5. The minimum absolute atomic E-state index is 0.123. The first-order valence-corrected chi connectivity index (χ1v) is 10.6. The van der Waals surface area contributed by atoms with Gasteiger partial charge in [0.25, 0.3) is 11.8 Å². The first kappa shape index (κ1) is 19.8. The van der Waals surface area contributed by atoms with Crippen molar-refractivity contribution < 1.29 is 14.3 Å². The zero-order valence-corrected chi connectivity index (χ0v) is 17.3. The summed E-state index contributed by atoms with van der Waals surface area (Å²) < 4.78 is 5.68. The second kappa shape index (κ2) is 8.92. The summed E-state index contributed by atoms with van der Waals surface area (Å²) in [6.45, 7) is 2.78. The van der Waals surface area contributed by atoms with Gasteiger partial charge in [-0.25, -0.2) is 0 Å². The molecule has 1 N–H and O–H groups in total. The van der Waals surface area contributed by atoms with Gasteiger partial charge in [-0.1, -0.05) is 25.1 Å². The molecule has 0 atom stereocenters. The number of rotatable bonds is 8. The summed E-state index contributed by atoms with van der Waals surface area (Å²) in [7, 11) is 0. The Morgan fingerprint density at radius 3 is 2.70 bits per heavy atom. The minimum Gasteiger partial charge on any atom is -0.494 e. The fourth-order valence-corrected chi connectivity index (χ4v) is 3.93. The predicted octanol–water partition coefficient (Wildman–Crippen LogP) is 4.32. The fourth-order valence-electron chi connectivity index (χ4n) is 3.17. The zero-order chi connectivity index (χ0) is 20.9. The number of carbonyl (C=O) groups excluding carboxylic acids is 2. The number of amides is 2. The van der Waals surface area contributed by atoms with Crippen molar-refractivity contribution in [1.82, 2.24) is 9.88 Å². The number of pyridine rings is 1. The van der Waals surface area contributed by atoms with E-state index in [1.807, 2.05) is 54.8 Å². The van der Waals surface area contributed by atoms with E-state index in [1.165, 1.54) is 16.2 Å². The van der Waals surface area contributed by atoms with E-state index in [0.717, 1.165) is 11.3 Å². The molecule has 1 aliphatic heterocycles. The lowest BCUT2D eigenvalue weighted by Crippen LogP contribution is -2.32. The van der Waals surface area contributed by atoms with Gasteiger partial charge in [-0.2, -0.15) is 0 Å². The Morgan fingerprint density at radius 2 is 1.97 bits per heavy atom. The standard InChI is InChI=1S/C23H21N3O3S/c1-2-12-29-18-9-5-8-16(14-18)25-21-20(19-10-6-13-30-19)22(27)26(23(21)28)15-17-7-3-4-11-24-17/h3-11,13-14,25H,2,12,15H2,1H3. The van der Waals surface area contributed by atoms with E-state index in [2.05, 4.69) is 10.3 Å². The molecule has 0 saturated carbocycles. The van der Waals surface area contributed by atoms with Crippen LogP contribution in [-0.4, -0.2) is 28.3 Å². The van der Waals surface area contributed by atoms with Crippen LogP contribution in [0, 0.1) is 0 Å². The highest BCUT2D eigenvalue weighted by molar-refractivity contribution is 7.11. The van der Waals surface area contributed by atoms with Crippen molar-refractivity contribution in [3.63, 3.8) is 0 Å². The molecule has 0 radical (unpaired) electrons. The molecule has 0 fully saturated rings. The Balaban J connectivity index is 1.66. The van der Waals surface area contributed by atoms with E-state index in [4.69, 9.17) is 4.74 Å². The average molecular weight is 420 g/mol. The van der Waals surface area contributed by atoms with E-state index in [1.54, 1.807) is 18.3 Å². The van der Waals surface area contributed by atoms with E-state index in [-0.39, 0.29) is 24.1 Å². The largest absolute Gasteiger partial charge is 0.494 e. The number of ether oxygens (including phenoxy) is 1. The highest BCUT2D eigenvalue weighted by Crippen LogP contribution is 2.34. The van der Waals surface area contributed by atoms with E-state index in [0.29, 0.717) is 29.3 Å². The van der Waals surface area contributed by atoms with Gasteiger partial charge >= 0.3 is 0 Å². The van der Waals surface area contributed by atoms with Crippen LogP contribution in [0.25, 0.3) is 5.57 Å². The number of anilines is 1. The summed E-state index contributed by atoms with van der Waals surface area (Å²) in [5.74, 6) is 0.0187. The molecule has 0 spiro atoms. The van der Waals surface area contributed by atoms with Crippen molar-refractivity contribution in [2.24, 2.45) is 0 Å². The van der Waals surface area contributed by atoms with Crippen molar-refractivity contribution in [2.45, 2.75) is 19.9 Å². The van der Waals surface area contributed by atoms with E-state index in [9.17, 15) is 9.59 Å². The number of benzene rings is 1. The summed E-state index contributed by atoms with van der Waals surface area (Å²) in [4.78, 5) is 32.6. The summed E-state index contributed by atoms with van der Waals surface area (Å²) in [5, 5.41) is 5.05. The third kappa shape index (κ3) is 4.11. The molecule has 4 rings (SSSR count). The molecule has 1 aliphatic rings. The van der Waals surface area contributed by atoms with Crippen molar-refractivity contribution in [3.05, 3.63) is 82.4 Å². The number of nitrogens with zero attached hydrogens (tertiary/aromatic N) is 2. The number of imide groups is 1. The number of hydrogen-bond donors (Lipinski definition) is 1. The van der Waals surface area contributed by atoms with Gasteiger partial charge in [-0.3, -0.25) is 19.5 Å². The van der Waals surface area contributed by atoms with Crippen LogP contribution < -0.4 is 10.1 Å². The van der Waals surface area contributed by atoms with Gasteiger partial charge in [0.15, 0.2) is 0 Å². The third-order valence-electron chi connectivity index (χ3n) is 4.56. The van der Waals surface area contributed by atoms with Crippen LogP contribution in [0.2, 0.25) is 0 Å². The lowest BCUT2D eigenvalue weighted by molar-refractivity contribution is -0.137. The smallest absolute Gasteiger partial charge is 0.278 e. The van der Waals surface area contributed by atoms with Crippen LogP contribution in [0.5, 0.6) is 5.75 Å². The van der Waals surface area contributed by atoms with E-state index >= 15 is 0 Å². The molecule has 0 aliphatic carbocycles. The fraction of sp³-hybridized carbons (Fsp3) is 0.174. The number of hydrogen-bond acceptors (Lipinski definition) is 6. The SMILES string of the molecule is CCCOc1cccc(NC2=C(c3cccs3)C(=O)N(Cc3ccccn3)C2=O)c1. The molecule has 30 heavy (non-hydrogen) atoms. The summed E-state index contributed by atoms with van der Waals surface area (Å²) in [6.07, 6.45) is 2.55. The quantitative estimate of drug-likeness (QED) is 0.551. The molecule has 0 unspecified atom stereocenters. The first-order valence-electron chi connectivity index (χ1n) is 9.71. The van der Waals surface area contributed by atoms with Crippen molar-refractivity contribution in [3.8, 4) is 5.75 Å². The van der Waals surface area contributed by atoms with Gasteiger partial charge in [0.05, 0.1) is 24.4 Å². The molecule has 2 aromatic heterocycles. The summed E-state index contributed by atoms with van der Waals surface area (Å²) in [5.41, 5.74) is 1.99. The van der Waals surface area contributed by atoms with Crippen LogP contribution in [0.15, 0.2) is 71.9 Å². The lowest BCUT2D eigenvalue weighted by Gasteiger charge is -2.15. The lowest BCUT2D eigenvalue weighted by atomic mass is 10.2. The monoisotopic (exact) mass is 419 g/mol. The molecule has 3 heterocycles. The number of nitrogens with one attached hydrogen (secondary N) is 1. The Kier molecular flexibility index (Phi) is 5.90. The second-order valence-electron chi connectivity index (χ2n) is 6.75. The van der Waals surface area contributed by atoms with Crippen LogP contribution in [0.3, 0.4) is 0 Å². The third-order valence-corrected chi connectivity index (χ3v) is 5.45. The van der Waals surface area contributed by atoms with Crippen LogP contribution in [0.1, 0.15) is 23.9 Å². The van der Waals surface area contributed by atoms with Crippen LogP contribution in [-0.2, 0) is 16.1 Å². The molecule has 6 nitrogen and oxygen atoms in total. The predicted molar refractivity (Wildman–Crippen MR) is 117 cm³/mol. The molecule has 152 valence electrons. The van der Waals surface area contributed by atoms with Crippen LogP contribution in [0.4, 0.5) is 5.69 Å². The molecule has 7 heteroatoms. The number of aromatic nitrogens is 1. The molecular formula is C23H21N3O3S. The van der Waals surface area contributed by atoms with Crippen molar-refractivity contribution >= 4 is 34.4 Å². The molecule has 1 aromatic carbocycles. The molecular weight excluding hydrogens is 398 g/mol. The average Bonchev–Trinajstić information content (AvgIpc) is 3.37. The normalized spacial score (nSPS) is 13.8. The Morgan fingerprint density at radius 1 is 1.07 bits per heavy atom. The Hall–Kier alpha value is -3.45. The maximum absolute atomic E-state index is 13.2. The maximum atomic E-state index is 13.2. The van der Waals surface area contributed by atoms with E-state index < -0.39 is 0 Å². The highest BCUT2D eigenvalue weighted by Gasteiger charge is 2.39. The highest BCUT2D eigenvalue weighted by atomic mass is 32.1. The van der Waals surface area contributed by atoms with Gasteiger partial charge in [0.1, 0.15) is 11.4 Å². The Bertz CT molecular complexity index is 1080. The van der Waals surface area contributed by atoms with Gasteiger partial charge in [-0.05, 0) is 42.1 Å². The molecule has 3 aromatic rings. The van der Waals surface area contributed by atoms with Gasteiger partial charge in [0, 0.05) is 22.8 Å². The minimum atomic E-state index is -0.367. The Labute approximate surface area is 178 Å². The first-order chi connectivity index (χ1) is 14.7. The maximum Gasteiger partial charge on any atom is 0.278 e. The molecule has 0 saturated heterocycles. The number of carbonyl (C=O) groups is 2. The molecule has 0 bridgehead atoms. The zero-order valence-electron chi connectivity index (χ0n) is 16.5. The van der Waals surface area contributed by atoms with Gasteiger partial charge in [0.2, 0.25) is 0 Å². The number of thiophene rings is 1. The summed E-state index contributed by atoms with van der Waals surface area (Å²) >= 11 is 1.42. The van der Waals surface area contributed by atoms with Gasteiger partial charge < -0.3 is 10.1 Å². The topological polar surface area (TPSA) is 71.5 Å². The van der Waals surface area contributed by atoms with Crippen molar-refractivity contribution in [1.29, 1.82) is 0 Å².